The predicted octanol–water partition coefficient (Wildman–Crippen LogP) is 1.02. The van der Waals surface area contributed by atoms with Gasteiger partial charge in [-0.1, -0.05) is 12.1 Å². The Labute approximate surface area is 104 Å². The summed E-state index contributed by atoms with van der Waals surface area (Å²) in [7, 11) is 0. The molecule has 0 bridgehead atoms. The number of phenols is 1. The van der Waals surface area contributed by atoms with E-state index < -0.39 is 0 Å². The number of piperidine rings is 1. The van der Waals surface area contributed by atoms with Crippen LogP contribution >= 0.6 is 0 Å². The Morgan fingerprint density at radius 3 is 2.44 bits per heavy atom. The Bertz CT molecular complexity index is 493. The van der Waals surface area contributed by atoms with Crippen molar-refractivity contribution in [2.75, 3.05) is 0 Å². The summed E-state index contributed by atoms with van der Waals surface area (Å²) in [5.41, 5.74) is 0.232. The molecule has 0 aliphatic carbocycles. The third-order valence-electron chi connectivity index (χ3n) is 2.91. The Morgan fingerprint density at radius 1 is 1.22 bits per heavy atom. The number of nitrogens with one attached hydrogen (secondary N) is 1. The van der Waals surface area contributed by atoms with E-state index in [0.29, 0.717) is 0 Å². The van der Waals surface area contributed by atoms with E-state index in [9.17, 15) is 19.5 Å². The van der Waals surface area contributed by atoms with Crippen molar-refractivity contribution in [3.05, 3.63) is 29.8 Å². The molecule has 5 heteroatoms. The zero-order chi connectivity index (χ0) is 13.1. The van der Waals surface area contributed by atoms with E-state index in [4.69, 9.17) is 0 Å². The molecule has 2 N–H and O–H groups in total. The highest BCUT2D eigenvalue weighted by molar-refractivity contribution is 6.01. The van der Waals surface area contributed by atoms with Crippen molar-refractivity contribution >= 4 is 17.6 Å². The lowest BCUT2D eigenvalue weighted by atomic mass is 9.89. The second-order valence-electron chi connectivity index (χ2n) is 4.39. The number of Topliss-reactive ketones (excluding diaryl/α,β-unsaturated/α-hetero) is 1. The van der Waals surface area contributed by atoms with Crippen LogP contribution < -0.4 is 5.32 Å². The standard InChI is InChI=1S/C13H13NO4/c15-10-4-2-1-3-9(10)11(16)5-8-6-12(17)14-13(18)7-8/h1-4,8,15H,5-7H2,(H,14,17,18). The molecule has 1 fully saturated rings. The number of para-hydroxylation sites is 1. The number of aromatic hydroxyl groups is 1. The molecule has 0 radical (unpaired) electrons. The number of carbonyl (C=O) groups is 3. The largest absolute Gasteiger partial charge is 0.507 e. The molecule has 1 aliphatic rings. The molecule has 0 atom stereocenters. The summed E-state index contributed by atoms with van der Waals surface area (Å²) >= 11 is 0. The quantitative estimate of drug-likeness (QED) is 0.617. The fraction of sp³-hybridized carbons (Fsp3) is 0.308. The lowest BCUT2D eigenvalue weighted by Crippen LogP contribution is -2.39. The van der Waals surface area contributed by atoms with Gasteiger partial charge in [0, 0.05) is 19.3 Å². The molecule has 1 aromatic carbocycles. The molecule has 94 valence electrons. The number of rotatable bonds is 3. The molecule has 5 nitrogen and oxygen atoms in total. The van der Waals surface area contributed by atoms with Crippen LogP contribution in [0.15, 0.2) is 24.3 Å². The molecule has 2 amide bonds. The monoisotopic (exact) mass is 247 g/mol. The maximum atomic E-state index is 11.9. The van der Waals surface area contributed by atoms with Crippen LogP contribution in [0.2, 0.25) is 0 Å². The highest BCUT2D eigenvalue weighted by atomic mass is 16.3. The van der Waals surface area contributed by atoms with Crippen molar-refractivity contribution in [1.29, 1.82) is 0 Å². The van der Waals surface area contributed by atoms with Crippen molar-refractivity contribution in [2.24, 2.45) is 5.92 Å². The molecule has 18 heavy (non-hydrogen) atoms. The second kappa shape index (κ2) is 5.00. The van der Waals surface area contributed by atoms with E-state index in [0.717, 1.165) is 0 Å². The van der Waals surface area contributed by atoms with Crippen molar-refractivity contribution in [3.8, 4) is 5.75 Å². The Morgan fingerprint density at radius 2 is 1.83 bits per heavy atom. The fourth-order valence-corrected chi connectivity index (χ4v) is 2.08. The summed E-state index contributed by atoms with van der Waals surface area (Å²) in [6.07, 6.45) is 0.437. The van der Waals surface area contributed by atoms with Crippen molar-refractivity contribution < 1.29 is 19.5 Å². The minimum Gasteiger partial charge on any atom is -0.507 e. The minimum atomic E-state index is -0.346. The van der Waals surface area contributed by atoms with Crippen molar-refractivity contribution in [3.63, 3.8) is 0 Å². The number of imide groups is 1. The van der Waals surface area contributed by atoms with Crippen molar-refractivity contribution in [2.45, 2.75) is 19.3 Å². The third kappa shape index (κ3) is 2.74. The number of hydrogen-bond donors (Lipinski definition) is 2. The molecule has 0 aromatic heterocycles. The first-order chi connectivity index (χ1) is 8.56. The van der Waals surface area contributed by atoms with Gasteiger partial charge in [-0.3, -0.25) is 19.7 Å². The highest BCUT2D eigenvalue weighted by Gasteiger charge is 2.27. The molecular weight excluding hydrogens is 234 g/mol. The number of phenolic OH excluding ortho intramolecular Hbond substituents is 1. The van der Waals surface area contributed by atoms with Crippen LogP contribution in [0.5, 0.6) is 5.75 Å². The summed E-state index contributed by atoms with van der Waals surface area (Å²) < 4.78 is 0. The van der Waals surface area contributed by atoms with E-state index in [1.165, 1.54) is 12.1 Å². The SMILES string of the molecule is O=C1CC(CC(=O)c2ccccc2O)CC(=O)N1. The van der Waals surface area contributed by atoms with Gasteiger partial charge in [-0.05, 0) is 18.1 Å². The molecule has 0 unspecified atom stereocenters. The average Bonchev–Trinajstić information content (AvgIpc) is 2.27. The zero-order valence-corrected chi connectivity index (χ0v) is 9.68. The normalized spacial score (nSPS) is 16.4. The highest BCUT2D eigenvalue weighted by Crippen LogP contribution is 2.23. The van der Waals surface area contributed by atoms with Gasteiger partial charge in [0.05, 0.1) is 5.56 Å². The van der Waals surface area contributed by atoms with E-state index >= 15 is 0 Å². The molecule has 1 saturated heterocycles. The van der Waals surface area contributed by atoms with Crippen molar-refractivity contribution in [1.82, 2.24) is 5.32 Å². The number of carbonyl (C=O) groups excluding carboxylic acids is 3. The molecule has 1 heterocycles. The van der Waals surface area contributed by atoms with E-state index in [1.54, 1.807) is 12.1 Å². The van der Waals surface area contributed by atoms with Gasteiger partial charge in [-0.25, -0.2) is 0 Å². The topological polar surface area (TPSA) is 83.5 Å². The third-order valence-corrected chi connectivity index (χ3v) is 2.91. The van der Waals surface area contributed by atoms with Gasteiger partial charge in [0.1, 0.15) is 5.75 Å². The van der Waals surface area contributed by atoms with Gasteiger partial charge >= 0.3 is 0 Å². The zero-order valence-electron chi connectivity index (χ0n) is 9.68. The first-order valence-electron chi connectivity index (χ1n) is 5.70. The average molecular weight is 247 g/mol. The van der Waals surface area contributed by atoms with E-state index in [1.807, 2.05) is 0 Å². The Kier molecular flexibility index (Phi) is 3.41. The molecular formula is C13H13NO4. The molecule has 1 aromatic rings. The second-order valence-corrected chi connectivity index (χ2v) is 4.39. The fourth-order valence-electron chi connectivity index (χ4n) is 2.08. The lowest BCUT2D eigenvalue weighted by molar-refractivity contribution is -0.134. The van der Waals surface area contributed by atoms with Crippen LogP contribution in [0.1, 0.15) is 29.6 Å². The van der Waals surface area contributed by atoms with Crippen LogP contribution in [-0.4, -0.2) is 22.7 Å². The number of amides is 2. The summed E-state index contributed by atoms with van der Waals surface area (Å²) in [5.74, 6) is -1.30. The molecule has 0 saturated carbocycles. The van der Waals surface area contributed by atoms with Gasteiger partial charge in [0.15, 0.2) is 5.78 Å². The first kappa shape index (κ1) is 12.3. The first-order valence-corrected chi connectivity index (χ1v) is 5.70. The smallest absolute Gasteiger partial charge is 0.226 e. The number of hydrogen-bond acceptors (Lipinski definition) is 4. The molecule has 0 spiro atoms. The maximum absolute atomic E-state index is 11.9. The van der Waals surface area contributed by atoms with Gasteiger partial charge in [-0.2, -0.15) is 0 Å². The minimum absolute atomic E-state index is 0.0749. The summed E-state index contributed by atoms with van der Waals surface area (Å²) in [5, 5.41) is 11.7. The van der Waals surface area contributed by atoms with Crippen LogP contribution in [0.25, 0.3) is 0 Å². The lowest BCUT2D eigenvalue weighted by Gasteiger charge is -2.20. The number of benzene rings is 1. The Hall–Kier alpha value is -2.17. The van der Waals surface area contributed by atoms with Gasteiger partial charge < -0.3 is 5.11 Å². The Balaban J connectivity index is 2.06. The van der Waals surface area contributed by atoms with Crippen LogP contribution in [0.3, 0.4) is 0 Å². The van der Waals surface area contributed by atoms with E-state index in [2.05, 4.69) is 5.32 Å². The summed E-state index contributed by atoms with van der Waals surface area (Å²) in [6.45, 7) is 0. The maximum Gasteiger partial charge on any atom is 0.226 e. The predicted molar refractivity (Wildman–Crippen MR) is 62.9 cm³/mol. The summed E-state index contributed by atoms with van der Waals surface area (Å²) in [6, 6.07) is 6.25. The van der Waals surface area contributed by atoms with Crippen LogP contribution in [0.4, 0.5) is 0 Å². The van der Waals surface area contributed by atoms with Gasteiger partial charge in [0.25, 0.3) is 0 Å². The summed E-state index contributed by atoms with van der Waals surface area (Å²) in [4.78, 5) is 34.3. The molecule has 2 rings (SSSR count). The van der Waals surface area contributed by atoms with Crippen LogP contribution in [0, 0.1) is 5.92 Å². The van der Waals surface area contributed by atoms with Gasteiger partial charge in [-0.15, -0.1) is 0 Å². The van der Waals surface area contributed by atoms with Crippen LogP contribution in [-0.2, 0) is 9.59 Å². The number of ketones is 1. The van der Waals surface area contributed by atoms with Gasteiger partial charge in [0.2, 0.25) is 11.8 Å². The van der Waals surface area contributed by atoms with E-state index in [-0.39, 0.29) is 54.1 Å². The molecule has 1 aliphatic heterocycles.